The second-order valence-electron chi connectivity index (χ2n) is 12.7. The summed E-state index contributed by atoms with van der Waals surface area (Å²) in [6.45, 7) is 9.29. The number of benzene rings is 1. The molecule has 11 heteroatoms. The Morgan fingerprint density at radius 1 is 0.977 bits per heavy atom. The zero-order valence-electron chi connectivity index (χ0n) is 25.9. The third-order valence-corrected chi connectivity index (χ3v) is 8.35. The molecule has 2 fully saturated rings. The van der Waals surface area contributed by atoms with Crippen molar-refractivity contribution in [3.05, 3.63) is 75.7 Å². The molecule has 1 aromatic carbocycles. The summed E-state index contributed by atoms with van der Waals surface area (Å²) in [7, 11) is 5.37. The van der Waals surface area contributed by atoms with Gasteiger partial charge in [0.15, 0.2) is 5.82 Å². The van der Waals surface area contributed by atoms with Crippen molar-refractivity contribution >= 4 is 29.1 Å². The van der Waals surface area contributed by atoms with Gasteiger partial charge in [-0.05, 0) is 54.6 Å². The van der Waals surface area contributed by atoms with Gasteiger partial charge in [-0.15, -0.1) is 0 Å². The predicted octanol–water partition coefficient (Wildman–Crippen LogP) is 3.06. The fourth-order valence-corrected chi connectivity index (χ4v) is 5.65. The number of piperazine rings is 1. The smallest absolute Gasteiger partial charge is 0.290 e. The molecular formula is C32H42N8O3. The van der Waals surface area contributed by atoms with Crippen LogP contribution in [-0.2, 0) is 17.3 Å². The van der Waals surface area contributed by atoms with E-state index in [4.69, 9.17) is 0 Å². The number of pyridine rings is 1. The summed E-state index contributed by atoms with van der Waals surface area (Å²) in [5, 5.41) is 10.8. The van der Waals surface area contributed by atoms with Crippen LogP contribution in [0.1, 0.15) is 61.1 Å². The molecule has 3 aromatic rings. The van der Waals surface area contributed by atoms with Crippen molar-refractivity contribution < 1.29 is 9.59 Å². The number of hydrogen-bond donors (Lipinski definition) is 2. The number of nitrogens with zero attached hydrogens (tertiary/aromatic N) is 6. The number of carbonyl (C=O) groups excluding carboxylic acids is 2. The number of anilines is 3. The number of hydrogen-bond acceptors (Lipinski definition) is 8. The van der Waals surface area contributed by atoms with Crippen LogP contribution in [-0.4, -0.2) is 82.7 Å². The summed E-state index contributed by atoms with van der Waals surface area (Å²) >= 11 is 0. The van der Waals surface area contributed by atoms with E-state index in [1.165, 1.54) is 10.2 Å². The highest BCUT2D eigenvalue weighted by atomic mass is 16.2. The van der Waals surface area contributed by atoms with E-state index in [1.54, 1.807) is 30.3 Å². The Labute approximate surface area is 252 Å². The van der Waals surface area contributed by atoms with Gasteiger partial charge >= 0.3 is 0 Å². The average Bonchev–Trinajstić information content (AvgIpc) is 2.98. The molecule has 2 amide bonds. The van der Waals surface area contributed by atoms with Gasteiger partial charge in [-0.3, -0.25) is 19.3 Å². The maximum atomic E-state index is 13.0. The first kappa shape index (κ1) is 30.2. The van der Waals surface area contributed by atoms with Crippen molar-refractivity contribution in [2.75, 3.05) is 50.5 Å². The van der Waals surface area contributed by atoms with Crippen molar-refractivity contribution in [1.29, 1.82) is 0 Å². The van der Waals surface area contributed by atoms with E-state index in [9.17, 15) is 14.4 Å². The number of aromatic nitrogens is 3. The zero-order valence-corrected chi connectivity index (χ0v) is 25.9. The van der Waals surface area contributed by atoms with E-state index in [0.717, 1.165) is 31.5 Å². The maximum absolute atomic E-state index is 13.0. The van der Waals surface area contributed by atoms with Crippen LogP contribution in [0.4, 0.5) is 17.3 Å². The molecule has 43 heavy (non-hydrogen) atoms. The van der Waals surface area contributed by atoms with Gasteiger partial charge in [0.25, 0.3) is 11.5 Å². The Hall–Kier alpha value is -4.25. The van der Waals surface area contributed by atoms with E-state index in [2.05, 4.69) is 46.4 Å². The lowest BCUT2D eigenvalue weighted by atomic mass is 9.86. The quantitative estimate of drug-likeness (QED) is 0.453. The van der Waals surface area contributed by atoms with Crippen molar-refractivity contribution in [2.45, 2.75) is 51.1 Å². The Morgan fingerprint density at radius 2 is 1.72 bits per heavy atom. The van der Waals surface area contributed by atoms with Gasteiger partial charge in [0, 0.05) is 64.1 Å². The number of rotatable bonds is 6. The van der Waals surface area contributed by atoms with Crippen LogP contribution in [0.3, 0.4) is 0 Å². The highest BCUT2D eigenvalue weighted by Gasteiger charge is 2.32. The van der Waals surface area contributed by atoms with Gasteiger partial charge in [0.2, 0.25) is 5.91 Å². The Balaban J connectivity index is 1.27. The maximum Gasteiger partial charge on any atom is 0.290 e. The SMILES string of the molecule is CN1CCN(C)C(c2ccc(Nc3cc(N4CCC[C@@H](NC(=O)c5ccc(C(C)(C)C)cc5)C4)nn(C)c3=O)nc2)C1=O. The van der Waals surface area contributed by atoms with Crippen molar-refractivity contribution in [3.8, 4) is 0 Å². The summed E-state index contributed by atoms with van der Waals surface area (Å²) in [4.78, 5) is 49.1. The van der Waals surface area contributed by atoms with Gasteiger partial charge in [0.05, 0.1) is 0 Å². The third-order valence-electron chi connectivity index (χ3n) is 8.35. The molecule has 11 nitrogen and oxygen atoms in total. The number of carbonyl (C=O) groups is 2. The van der Waals surface area contributed by atoms with Crippen LogP contribution in [0.2, 0.25) is 0 Å². The minimum absolute atomic E-state index is 0.0264. The zero-order chi connectivity index (χ0) is 30.9. The van der Waals surface area contributed by atoms with Gasteiger partial charge in [-0.25, -0.2) is 9.67 Å². The first-order valence-electron chi connectivity index (χ1n) is 14.8. The molecule has 2 saturated heterocycles. The number of nitrogens with one attached hydrogen (secondary N) is 2. The Kier molecular flexibility index (Phi) is 8.55. The third kappa shape index (κ3) is 6.72. The number of amides is 2. The van der Waals surface area contributed by atoms with Crippen LogP contribution in [0.15, 0.2) is 53.5 Å². The molecule has 2 aliphatic heterocycles. The molecular weight excluding hydrogens is 544 g/mol. The van der Waals surface area contributed by atoms with E-state index in [-0.39, 0.29) is 34.9 Å². The number of likely N-dealkylation sites (N-methyl/N-ethyl adjacent to an activating group) is 2. The summed E-state index contributed by atoms with van der Waals surface area (Å²) in [5.41, 5.74) is 2.73. The monoisotopic (exact) mass is 586 g/mol. The number of aryl methyl sites for hydroxylation is 1. The molecule has 2 aliphatic rings. The standard InChI is InChI=1S/C32H42N8O3/c1-32(2,3)23-12-9-21(10-13-23)29(41)34-24-8-7-15-40(20-24)27-18-25(30(42)39(6)36-27)35-26-14-11-22(19-33-26)28-31(43)38(5)17-16-37(28)4/h9-14,18-19,24,28H,7-8,15-17,20H2,1-6H3,(H,33,35)(H,34,41)/t24-,28?/m1/s1. The Morgan fingerprint density at radius 3 is 2.40 bits per heavy atom. The summed E-state index contributed by atoms with van der Waals surface area (Å²) < 4.78 is 1.32. The van der Waals surface area contributed by atoms with Crippen LogP contribution in [0, 0.1) is 0 Å². The molecule has 5 rings (SSSR count). The molecule has 2 N–H and O–H groups in total. The van der Waals surface area contributed by atoms with Crippen molar-refractivity contribution in [1.82, 2.24) is 29.9 Å². The van der Waals surface area contributed by atoms with E-state index < -0.39 is 0 Å². The summed E-state index contributed by atoms with van der Waals surface area (Å²) in [6.07, 6.45) is 3.43. The van der Waals surface area contributed by atoms with E-state index in [1.807, 2.05) is 49.3 Å². The minimum Gasteiger partial charge on any atom is -0.353 e. The molecule has 0 spiro atoms. The first-order chi connectivity index (χ1) is 20.4. The molecule has 4 heterocycles. The van der Waals surface area contributed by atoms with Gasteiger partial charge < -0.3 is 20.4 Å². The molecule has 228 valence electrons. The van der Waals surface area contributed by atoms with Gasteiger partial charge in [-0.1, -0.05) is 39.0 Å². The van der Waals surface area contributed by atoms with Crippen LogP contribution >= 0.6 is 0 Å². The van der Waals surface area contributed by atoms with E-state index in [0.29, 0.717) is 36.0 Å². The van der Waals surface area contributed by atoms with Gasteiger partial charge in [0.1, 0.15) is 17.5 Å². The fourth-order valence-electron chi connectivity index (χ4n) is 5.65. The second kappa shape index (κ2) is 12.2. The molecule has 2 atom stereocenters. The largest absolute Gasteiger partial charge is 0.353 e. The molecule has 0 bridgehead atoms. The van der Waals surface area contributed by atoms with Crippen molar-refractivity contribution in [2.24, 2.45) is 7.05 Å². The van der Waals surface area contributed by atoms with Crippen LogP contribution in [0.25, 0.3) is 0 Å². The van der Waals surface area contributed by atoms with Gasteiger partial charge in [-0.2, -0.15) is 5.10 Å². The van der Waals surface area contributed by atoms with Crippen molar-refractivity contribution in [3.63, 3.8) is 0 Å². The molecule has 0 aliphatic carbocycles. The first-order valence-corrected chi connectivity index (χ1v) is 14.8. The topological polar surface area (TPSA) is 116 Å². The lowest BCUT2D eigenvalue weighted by Gasteiger charge is -2.36. The van der Waals surface area contributed by atoms with Crippen LogP contribution in [0.5, 0.6) is 0 Å². The lowest BCUT2D eigenvalue weighted by molar-refractivity contribution is -0.139. The molecule has 0 radical (unpaired) electrons. The Bertz CT molecular complexity index is 1530. The number of piperidine rings is 1. The fraction of sp³-hybridized carbons (Fsp3) is 0.469. The lowest BCUT2D eigenvalue weighted by Crippen LogP contribution is -2.49. The molecule has 1 unspecified atom stereocenters. The highest BCUT2D eigenvalue weighted by Crippen LogP contribution is 2.26. The molecule has 2 aromatic heterocycles. The van der Waals surface area contributed by atoms with E-state index >= 15 is 0 Å². The summed E-state index contributed by atoms with van der Waals surface area (Å²) in [5.74, 6) is 1.09. The van der Waals surface area contributed by atoms with Crippen LogP contribution < -0.4 is 21.1 Å². The average molecular weight is 587 g/mol. The highest BCUT2D eigenvalue weighted by molar-refractivity contribution is 5.94. The second-order valence-corrected chi connectivity index (χ2v) is 12.7. The predicted molar refractivity (Wildman–Crippen MR) is 168 cm³/mol. The molecule has 0 saturated carbocycles. The normalized spacial score (nSPS) is 19.8. The summed E-state index contributed by atoms with van der Waals surface area (Å²) in [6, 6.07) is 12.8. The minimum atomic E-state index is -0.379.